The van der Waals surface area contributed by atoms with Crippen molar-refractivity contribution in [3.63, 3.8) is 0 Å². The highest BCUT2D eigenvalue weighted by molar-refractivity contribution is 5.94. The van der Waals surface area contributed by atoms with Gasteiger partial charge in [-0.3, -0.25) is 4.79 Å². The summed E-state index contributed by atoms with van der Waals surface area (Å²) in [4.78, 5) is 27.1. The van der Waals surface area contributed by atoms with Crippen molar-refractivity contribution in [2.45, 2.75) is 45.4 Å². The summed E-state index contributed by atoms with van der Waals surface area (Å²) in [5.74, 6) is -1.20. The van der Waals surface area contributed by atoms with Gasteiger partial charge >= 0.3 is 5.97 Å². The molecule has 1 aromatic carbocycles. The van der Waals surface area contributed by atoms with Crippen LogP contribution < -0.4 is 5.56 Å². The number of ether oxygens (including phenoxy) is 3. The van der Waals surface area contributed by atoms with Gasteiger partial charge in [-0.15, -0.1) is 0 Å². The molecule has 0 saturated carbocycles. The van der Waals surface area contributed by atoms with Crippen molar-refractivity contribution in [3.8, 4) is 17.0 Å². The Bertz CT molecular complexity index is 1170. The number of rotatable bonds is 7. The number of nitrogens with one attached hydrogen (secondary N) is 1. The molecule has 2 aromatic heterocycles. The fourth-order valence-electron chi connectivity index (χ4n) is 4.19. The van der Waals surface area contributed by atoms with Gasteiger partial charge in [0.15, 0.2) is 11.9 Å². The van der Waals surface area contributed by atoms with E-state index in [1.807, 2.05) is 37.4 Å². The van der Waals surface area contributed by atoms with Gasteiger partial charge in [-0.1, -0.05) is 13.0 Å². The van der Waals surface area contributed by atoms with Gasteiger partial charge in [0.05, 0.1) is 19.4 Å². The minimum atomic E-state index is -0.863. The number of benzene rings is 1. The number of H-pyrrole nitrogens is 1. The molecular weight excluding hydrogens is 412 g/mol. The lowest BCUT2D eigenvalue weighted by Gasteiger charge is -2.22. The van der Waals surface area contributed by atoms with Crippen LogP contribution in [0, 0.1) is 0 Å². The number of hydrogen-bond donors (Lipinski definition) is 2. The maximum absolute atomic E-state index is 12.5. The summed E-state index contributed by atoms with van der Waals surface area (Å²) in [5, 5.41) is 11.6. The molecule has 1 aliphatic rings. The van der Waals surface area contributed by atoms with Crippen molar-refractivity contribution < 1.29 is 24.1 Å². The average molecular weight is 440 g/mol. The van der Waals surface area contributed by atoms with Gasteiger partial charge in [0.1, 0.15) is 5.75 Å². The molecule has 8 heteroatoms. The number of aromatic nitrogens is 2. The van der Waals surface area contributed by atoms with Gasteiger partial charge in [-0.2, -0.15) is 0 Å². The normalized spacial score (nSPS) is 16.4. The van der Waals surface area contributed by atoms with E-state index in [9.17, 15) is 14.7 Å². The number of hydrogen-bond acceptors (Lipinski definition) is 6. The molecule has 1 fully saturated rings. The fourth-order valence-corrected chi connectivity index (χ4v) is 4.19. The first-order chi connectivity index (χ1) is 15.5. The SMILES string of the molecule is CCc1c(-c2ccc3c(ccn3CCOC3CCCCO3)c2)[nH]c(=O)c(C(=O)OC)c1O. The Morgan fingerprint density at radius 1 is 1.31 bits per heavy atom. The Balaban J connectivity index is 1.59. The summed E-state index contributed by atoms with van der Waals surface area (Å²) in [5.41, 5.74) is 1.73. The quantitative estimate of drug-likeness (QED) is 0.544. The van der Waals surface area contributed by atoms with Crippen LogP contribution in [0.2, 0.25) is 0 Å². The van der Waals surface area contributed by atoms with Gasteiger partial charge in [-0.05, 0) is 49.4 Å². The number of pyridine rings is 1. The summed E-state index contributed by atoms with van der Waals surface area (Å²) in [6.07, 6.45) is 5.50. The summed E-state index contributed by atoms with van der Waals surface area (Å²) >= 11 is 0. The van der Waals surface area contributed by atoms with E-state index in [4.69, 9.17) is 9.47 Å². The van der Waals surface area contributed by atoms with Crippen LogP contribution in [0.5, 0.6) is 5.75 Å². The van der Waals surface area contributed by atoms with E-state index in [1.165, 1.54) is 7.11 Å². The van der Waals surface area contributed by atoms with E-state index in [-0.39, 0.29) is 17.6 Å². The van der Waals surface area contributed by atoms with Crippen molar-refractivity contribution in [1.82, 2.24) is 9.55 Å². The predicted octanol–water partition coefficient (Wildman–Crippen LogP) is 3.59. The van der Waals surface area contributed by atoms with Gasteiger partial charge in [0, 0.05) is 35.8 Å². The number of fused-ring (bicyclic) bond motifs is 1. The molecule has 170 valence electrons. The van der Waals surface area contributed by atoms with Crippen LogP contribution in [0.4, 0.5) is 0 Å². The monoisotopic (exact) mass is 440 g/mol. The molecule has 0 bridgehead atoms. The van der Waals surface area contributed by atoms with Crippen molar-refractivity contribution in [3.05, 3.63) is 51.9 Å². The van der Waals surface area contributed by atoms with Crippen LogP contribution in [0.15, 0.2) is 35.3 Å². The summed E-state index contributed by atoms with van der Waals surface area (Å²) in [6.45, 7) is 3.88. The molecule has 32 heavy (non-hydrogen) atoms. The van der Waals surface area contributed by atoms with Crippen LogP contribution in [0.1, 0.15) is 42.1 Å². The number of nitrogens with zero attached hydrogens (tertiary/aromatic N) is 1. The van der Waals surface area contributed by atoms with E-state index in [2.05, 4.69) is 14.3 Å². The molecular formula is C24H28N2O6. The zero-order valence-electron chi connectivity index (χ0n) is 18.3. The molecule has 0 amide bonds. The van der Waals surface area contributed by atoms with Crippen molar-refractivity contribution in [1.29, 1.82) is 0 Å². The number of esters is 1. The fraction of sp³-hybridized carbons (Fsp3) is 0.417. The van der Waals surface area contributed by atoms with Gasteiger partial charge < -0.3 is 28.9 Å². The van der Waals surface area contributed by atoms with E-state index >= 15 is 0 Å². The van der Waals surface area contributed by atoms with Gasteiger partial charge in [-0.25, -0.2) is 4.79 Å². The van der Waals surface area contributed by atoms with Gasteiger partial charge in [0.2, 0.25) is 0 Å². The maximum Gasteiger partial charge on any atom is 0.347 e. The van der Waals surface area contributed by atoms with Crippen LogP contribution in [-0.2, 0) is 27.2 Å². The number of aromatic hydroxyl groups is 1. The van der Waals surface area contributed by atoms with Crippen molar-refractivity contribution >= 4 is 16.9 Å². The van der Waals surface area contributed by atoms with Gasteiger partial charge in [0.25, 0.3) is 5.56 Å². The lowest BCUT2D eigenvalue weighted by Crippen LogP contribution is -2.23. The molecule has 0 spiro atoms. The van der Waals surface area contributed by atoms with E-state index in [0.29, 0.717) is 30.8 Å². The van der Waals surface area contributed by atoms with Crippen molar-refractivity contribution in [2.75, 3.05) is 20.3 Å². The molecule has 1 unspecified atom stereocenters. The van der Waals surface area contributed by atoms with Crippen LogP contribution in [-0.4, -0.2) is 47.2 Å². The third-order valence-corrected chi connectivity index (χ3v) is 5.87. The standard InChI is InChI=1S/C24H28N2O6/c1-3-17-21(25-23(28)20(22(17)27)24(29)30-2)16-7-8-18-15(14-16)9-10-26(18)11-13-32-19-6-4-5-12-31-19/h7-10,14,19H,3-6,11-13H2,1-2H3,(H2,25,27,28). The Morgan fingerprint density at radius 2 is 2.16 bits per heavy atom. The summed E-state index contributed by atoms with van der Waals surface area (Å²) in [7, 11) is 1.17. The van der Waals surface area contributed by atoms with E-state index < -0.39 is 11.5 Å². The minimum absolute atomic E-state index is 0.109. The first-order valence-electron chi connectivity index (χ1n) is 10.9. The number of carbonyl (C=O) groups excluding carboxylic acids is 1. The predicted molar refractivity (Wildman–Crippen MR) is 120 cm³/mol. The second kappa shape index (κ2) is 9.58. The number of carbonyl (C=O) groups is 1. The number of methoxy groups -OCH3 is 1. The topological polar surface area (TPSA) is 103 Å². The van der Waals surface area contributed by atoms with Crippen LogP contribution >= 0.6 is 0 Å². The third kappa shape index (κ3) is 4.28. The molecule has 4 rings (SSSR count). The molecule has 3 heterocycles. The van der Waals surface area contributed by atoms with E-state index in [1.54, 1.807) is 0 Å². The average Bonchev–Trinajstić information content (AvgIpc) is 3.21. The van der Waals surface area contributed by atoms with Crippen LogP contribution in [0.3, 0.4) is 0 Å². The van der Waals surface area contributed by atoms with E-state index in [0.717, 1.165) is 42.3 Å². The zero-order chi connectivity index (χ0) is 22.7. The highest BCUT2D eigenvalue weighted by Gasteiger charge is 2.23. The molecule has 3 aromatic rings. The molecule has 1 saturated heterocycles. The molecule has 1 atom stereocenters. The Hall–Kier alpha value is -3.10. The highest BCUT2D eigenvalue weighted by Crippen LogP contribution is 2.32. The lowest BCUT2D eigenvalue weighted by molar-refractivity contribution is -0.163. The molecule has 2 N–H and O–H groups in total. The van der Waals surface area contributed by atoms with Crippen molar-refractivity contribution in [2.24, 2.45) is 0 Å². The Morgan fingerprint density at radius 3 is 2.88 bits per heavy atom. The molecule has 0 radical (unpaired) electrons. The minimum Gasteiger partial charge on any atom is -0.506 e. The summed E-state index contributed by atoms with van der Waals surface area (Å²) in [6, 6.07) is 7.83. The molecule has 0 aliphatic carbocycles. The highest BCUT2D eigenvalue weighted by atomic mass is 16.7. The first kappa shape index (κ1) is 22.1. The second-order valence-electron chi connectivity index (χ2n) is 7.83. The second-order valence-corrected chi connectivity index (χ2v) is 7.83. The molecule has 8 nitrogen and oxygen atoms in total. The first-order valence-corrected chi connectivity index (χ1v) is 10.9. The summed E-state index contributed by atoms with van der Waals surface area (Å²) < 4.78 is 18.2. The Labute approximate surface area is 185 Å². The largest absolute Gasteiger partial charge is 0.506 e. The smallest absolute Gasteiger partial charge is 0.347 e. The molecule has 1 aliphatic heterocycles. The number of aromatic amines is 1. The van der Waals surface area contributed by atoms with Crippen LogP contribution in [0.25, 0.3) is 22.2 Å². The Kier molecular flexibility index (Phi) is 6.62. The lowest BCUT2D eigenvalue weighted by atomic mass is 9.99. The maximum atomic E-state index is 12.5. The zero-order valence-corrected chi connectivity index (χ0v) is 18.3. The third-order valence-electron chi connectivity index (χ3n) is 5.87.